The third-order valence-corrected chi connectivity index (χ3v) is 5.56. The van der Waals surface area contributed by atoms with Crippen molar-refractivity contribution in [2.45, 2.75) is 37.9 Å². The molecule has 0 saturated heterocycles. The highest BCUT2D eigenvalue weighted by molar-refractivity contribution is 5.43. The molecule has 2 aromatic carbocycles. The van der Waals surface area contributed by atoms with E-state index in [2.05, 4.69) is 35.2 Å². The van der Waals surface area contributed by atoms with Crippen molar-refractivity contribution in [2.75, 3.05) is 41.0 Å². The molecule has 0 bridgehead atoms. The van der Waals surface area contributed by atoms with Crippen LogP contribution in [0.5, 0.6) is 11.5 Å². The Morgan fingerprint density at radius 1 is 1.10 bits per heavy atom. The number of rotatable bonds is 10. The lowest BCUT2D eigenvalue weighted by Crippen LogP contribution is -2.34. The van der Waals surface area contributed by atoms with E-state index in [1.165, 1.54) is 16.7 Å². The SMILES string of the molecule is COc1ccc(CCN(C)C[C@H](O)CO[C@H]2CCCc3ccccc32)cc1OC. The van der Waals surface area contributed by atoms with E-state index in [4.69, 9.17) is 14.2 Å². The number of likely N-dealkylation sites (N-methyl/N-ethyl adjacent to an activating group) is 1. The number of aliphatic hydroxyl groups is 1. The van der Waals surface area contributed by atoms with Crippen LogP contribution in [0.3, 0.4) is 0 Å². The van der Waals surface area contributed by atoms with Gasteiger partial charge in [-0.3, -0.25) is 0 Å². The third kappa shape index (κ3) is 5.95. The summed E-state index contributed by atoms with van der Waals surface area (Å²) in [7, 11) is 5.31. The Balaban J connectivity index is 1.43. The Morgan fingerprint density at radius 3 is 2.69 bits per heavy atom. The van der Waals surface area contributed by atoms with Crippen molar-refractivity contribution in [3.63, 3.8) is 0 Å². The van der Waals surface area contributed by atoms with E-state index in [-0.39, 0.29) is 6.10 Å². The number of hydrogen-bond acceptors (Lipinski definition) is 5. The van der Waals surface area contributed by atoms with Crippen LogP contribution in [-0.4, -0.2) is 57.1 Å². The van der Waals surface area contributed by atoms with E-state index in [1.54, 1.807) is 14.2 Å². The Kier molecular flexibility index (Phi) is 7.92. The molecular weight excluding hydrogens is 366 g/mol. The van der Waals surface area contributed by atoms with Gasteiger partial charge in [-0.1, -0.05) is 30.3 Å². The molecule has 0 heterocycles. The van der Waals surface area contributed by atoms with Gasteiger partial charge in [0.1, 0.15) is 0 Å². The van der Waals surface area contributed by atoms with Gasteiger partial charge in [-0.2, -0.15) is 0 Å². The third-order valence-electron chi connectivity index (χ3n) is 5.56. The summed E-state index contributed by atoms with van der Waals surface area (Å²) < 4.78 is 16.7. The van der Waals surface area contributed by atoms with Gasteiger partial charge in [0.2, 0.25) is 0 Å². The molecule has 3 rings (SSSR count). The minimum Gasteiger partial charge on any atom is -0.493 e. The topological polar surface area (TPSA) is 51.2 Å². The zero-order chi connectivity index (χ0) is 20.6. The van der Waals surface area contributed by atoms with E-state index < -0.39 is 6.10 Å². The van der Waals surface area contributed by atoms with Gasteiger partial charge in [0.15, 0.2) is 11.5 Å². The number of fused-ring (bicyclic) bond motifs is 1. The molecule has 0 aromatic heterocycles. The Labute approximate surface area is 174 Å². The maximum Gasteiger partial charge on any atom is 0.160 e. The molecule has 0 spiro atoms. The van der Waals surface area contributed by atoms with Crippen LogP contribution in [-0.2, 0) is 17.6 Å². The summed E-state index contributed by atoms with van der Waals surface area (Å²) in [5, 5.41) is 10.4. The van der Waals surface area contributed by atoms with Gasteiger partial charge < -0.3 is 24.2 Å². The Morgan fingerprint density at radius 2 is 1.90 bits per heavy atom. The number of hydrogen-bond donors (Lipinski definition) is 1. The van der Waals surface area contributed by atoms with Crippen molar-refractivity contribution < 1.29 is 19.3 Å². The minimum absolute atomic E-state index is 0.103. The van der Waals surface area contributed by atoms with E-state index in [9.17, 15) is 5.11 Å². The summed E-state index contributed by atoms with van der Waals surface area (Å²) in [4.78, 5) is 2.14. The highest BCUT2D eigenvalue weighted by atomic mass is 16.5. The fraction of sp³-hybridized carbons (Fsp3) is 0.500. The summed E-state index contributed by atoms with van der Waals surface area (Å²) in [6.45, 7) is 1.79. The molecule has 1 aliphatic carbocycles. The van der Waals surface area contributed by atoms with Gasteiger partial charge in [-0.15, -0.1) is 0 Å². The standard InChI is InChI=1S/C24H33NO4/c1-25(14-13-18-11-12-23(27-2)24(15-18)28-3)16-20(26)17-29-22-10-6-8-19-7-4-5-9-21(19)22/h4-5,7,9,11-12,15,20,22,26H,6,8,10,13-14,16-17H2,1-3H3/t20-,22-/m0/s1. The molecule has 158 valence electrons. The van der Waals surface area contributed by atoms with Gasteiger partial charge in [0.25, 0.3) is 0 Å². The smallest absolute Gasteiger partial charge is 0.160 e. The van der Waals surface area contributed by atoms with Crippen LogP contribution in [0.25, 0.3) is 0 Å². The molecule has 0 amide bonds. The summed E-state index contributed by atoms with van der Waals surface area (Å²) >= 11 is 0. The second-order valence-corrected chi connectivity index (χ2v) is 7.77. The predicted molar refractivity (Wildman–Crippen MR) is 115 cm³/mol. The van der Waals surface area contributed by atoms with E-state index in [1.807, 2.05) is 19.2 Å². The molecule has 0 radical (unpaired) electrons. The maximum atomic E-state index is 10.4. The lowest BCUT2D eigenvalue weighted by atomic mass is 9.89. The summed E-state index contributed by atoms with van der Waals surface area (Å²) in [6.07, 6.45) is 3.77. The molecule has 5 heteroatoms. The van der Waals surface area contributed by atoms with Crippen molar-refractivity contribution in [2.24, 2.45) is 0 Å². The fourth-order valence-electron chi connectivity index (χ4n) is 3.97. The van der Waals surface area contributed by atoms with Crippen LogP contribution < -0.4 is 9.47 Å². The summed E-state index contributed by atoms with van der Waals surface area (Å²) in [6, 6.07) is 14.5. The Bertz CT molecular complexity index is 779. The molecule has 0 aliphatic heterocycles. The molecule has 0 saturated carbocycles. The van der Waals surface area contributed by atoms with E-state index >= 15 is 0 Å². The van der Waals surface area contributed by atoms with Gasteiger partial charge in [0.05, 0.1) is 33.0 Å². The average Bonchev–Trinajstić information content (AvgIpc) is 2.76. The van der Waals surface area contributed by atoms with Gasteiger partial charge in [-0.25, -0.2) is 0 Å². The van der Waals surface area contributed by atoms with E-state index in [0.29, 0.717) is 13.2 Å². The molecule has 1 aliphatic rings. The normalized spacial score (nSPS) is 17.1. The van der Waals surface area contributed by atoms with Crippen molar-refractivity contribution >= 4 is 0 Å². The van der Waals surface area contributed by atoms with Gasteiger partial charge >= 0.3 is 0 Å². The van der Waals surface area contributed by atoms with Crippen molar-refractivity contribution in [1.82, 2.24) is 4.90 Å². The molecule has 2 aromatic rings. The van der Waals surface area contributed by atoms with Gasteiger partial charge in [-0.05, 0) is 61.6 Å². The predicted octanol–water partition coefficient (Wildman–Crippen LogP) is 3.63. The number of ether oxygens (including phenoxy) is 3. The number of aliphatic hydroxyl groups excluding tert-OH is 1. The first-order valence-corrected chi connectivity index (χ1v) is 10.4. The molecule has 5 nitrogen and oxygen atoms in total. The van der Waals surface area contributed by atoms with Crippen LogP contribution >= 0.6 is 0 Å². The first kappa shape index (κ1) is 21.6. The zero-order valence-electron chi connectivity index (χ0n) is 17.8. The highest BCUT2D eigenvalue weighted by Crippen LogP contribution is 2.32. The van der Waals surface area contributed by atoms with Crippen molar-refractivity contribution in [3.05, 3.63) is 59.2 Å². The average molecular weight is 400 g/mol. The van der Waals surface area contributed by atoms with Gasteiger partial charge in [0, 0.05) is 13.1 Å². The molecule has 2 atom stereocenters. The van der Waals surface area contributed by atoms with Crippen LogP contribution in [0, 0.1) is 0 Å². The van der Waals surface area contributed by atoms with Crippen molar-refractivity contribution in [3.8, 4) is 11.5 Å². The Hall–Kier alpha value is -2.08. The fourth-order valence-corrected chi connectivity index (χ4v) is 3.97. The minimum atomic E-state index is -0.500. The number of benzene rings is 2. The molecule has 0 fully saturated rings. The first-order valence-electron chi connectivity index (χ1n) is 10.4. The number of aryl methyl sites for hydroxylation is 1. The maximum absolute atomic E-state index is 10.4. The molecule has 1 N–H and O–H groups in total. The second kappa shape index (κ2) is 10.6. The lowest BCUT2D eigenvalue weighted by molar-refractivity contribution is -0.0258. The first-order chi connectivity index (χ1) is 14.1. The number of methoxy groups -OCH3 is 2. The van der Waals surface area contributed by atoms with Crippen LogP contribution in [0.15, 0.2) is 42.5 Å². The molecular formula is C24H33NO4. The quantitative estimate of drug-likeness (QED) is 0.661. The van der Waals surface area contributed by atoms with Crippen LogP contribution in [0.4, 0.5) is 0 Å². The van der Waals surface area contributed by atoms with E-state index in [0.717, 1.165) is 43.7 Å². The monoisotopic (exact) mass is 399 g/mol. The zero-order valence-corrected chi connectivity index (χ0v) is 17.8. The molecule has 29 heavy (non-hydrogen) atoms. The largest absolute Gasteiger partial charge is 0.493 e. The number of nitrogens with zero attached hydrogens (tertiary/aromatic N) is 1. The second-order valence-electron chi connectivity index (χ2n) is 7.77. The summed E-state index contributed by atoms with van der Waals surface area (Å²) in [5.74, 6) is 1.48. The lowest BCUT2D eigenvalue weighted by Gasteiger charge is -2.27. The molecule has 0 unspecified atom stereocenters. The van der Waals surface area contributed by atoms with Crippen LogP contribution in [0.2, 0.25) is 0 Å². The summed E-state index contributed by atoms with van der Waals surface area (Å²) in [5.41, 5.74) is 3.84. The van der Waals surface area contributed by atoms with Crippen LogP contribution in [0.1, 0.15) is 35.6 Å². The highest BCUT2D eigenvalue weighted by Gasteiger charge is 2.21. The van der Waals surface area contributed by atoms with Crippen molar-refractivity contribution in [1.29, 1.82) is 0 Å².